The summed E-state index contributed by atoms with van der Waals surface area (Å²) in [7, 11) is -4.01. The molecular formula is C17H18F3NO5S. The number of hydrogen-bond acceptors (Lipinski definition) is 5. The fourth-order valence-corrected chi connectivity index (χ4v) is 3.20. The SMILES string of the molecule is CCOc1ccc(NS(=O)(=O)c2ccc(OC(F)(F)F)cc2)cc1OCC. The van der Waals surface area contributed by atoms with E-state index in [9.17, 15) is 21.6 Å². The molecule has 0 aliphatic heterocycles. The van der Waals surface area contributed by atoms with Crippen molar-refractivity contribution in [1.82, 2.24) is 0 Å². The van der Waals surface area contributed by atoms with Gasteiger partial charge in [0.25, 0.3) is 10.0 Å². The average Bonchev–Trinajstić information content (AvgIpc) is 2.56. The lowest BCUT2D eigenvalue weighted by Crippen LogP contribution is -2.17. The van der Waals surface area contributed by atoms with Crippen molar-refractivity contribution in [3.05, 3.63) is 42.5 Å². The van der Waals surface area contributed by atoms with E-state index < -0.39 is 22.1 Å². The van der Waals surface area contributed by atoms with Crippen LogP contribution < -0.4 is 18.9 Å². The van der Waals surface area contributed by atoms with Gasteiger partial charge in [0.05, 0.1) is 23.8 Å². The van der Waals surface area contributed by atoms with Gasteiger partial charge >= 0.3 is 6.36 Å². The van der Waals surface area contributed by atoms with Crippen molar-refractivity contribution in [2.75, 3.05) is 17.9 Å². The van der Waals surface area contributed by atoms with E-state index in [4.69, 9.17) is 9.47 Å². The molecule has 0 amide bonds. The van der Waals surface area contributed by atoms with Crippen molar-refractivity contribution in [3.8, 4) is 17.2 Å². The molecule has 0 radical (unpaired) electrons. The van der Waals surface area contributed by atoms with Crippen LogP contribution in [0.5, 0.6) is 17.2 Å². The largest absolute Gasteiger partial charge is 0.573 e. The summed E-state index contributed by atoms with van der Waals surface area (Å²) in [5.74, 6) is 0.325. The standard InChI is InChI=1S/C17H18F3NO5S/c1-3-24-15-10-5-12(11-16(15)25-4-2)21-27(22,23)14-8-6-13(7-9-14)26-17(18,19)20/h5-11,21H,3-4H2,1-2H3. The molecule has 2 rings (SSSR count). The summed E-state index contributed by atoms with van der Waals surface area (Å²) in [6, 6.07) is 8.40. The van der Waals surface area contributed by atoms with Crippen LogP contribution in [0.25, 0.3) is 0 Å². The lowest BCUT2D eigenvalue weighted by molar-refractivity contribution is -0.274. The minimum absolute atomic E-state index is 0.219. The molecule has 0 spiro atoms. The third kappa shape index (κ3) is 5.95. The Kier molecular flexibility index (Phi) is 6.42. The molecule has 0 saturated heterocycles. The molecule has 2 aromatic carbocycles. The number of benzene rings is 2. The van der Waals surface area contributed by atoms with Gasteiger partial charge in [-0.1, -0.05) is 0 Å². The highest BCUT2D eigenvalue weighted by Gasteiger charge is 2.31. The molecule has 0 unspecified atom stereocenters. The van der Waals surface area contributed by atoms with Crippen molar-refractivity contribution >= 4 is 15.7 Å². The summed E-state index contributed by atoms with van der Waals surface area (Å²) in [6.07, 6.45) is -4.85. The van der Waals surface area contributed by atoms with Crippen LogP contribution in [-0.2, 0) is 10.0 Å². The first kappa shape index (κ1) is 20.7. The van der Waals surface area contributed by atoms with Crippen molar-refractivity contribution in [1.29, 1.82) is 0 Å². The van der Waals surface area contributed by atoms with Crippen molar-refractivity contribution in [3.63, 3.8) is 0 Å². The second-order valence-corrected chi connectivity index (χ2v) is 6.83. The summed E-state index contributed by atoms with van der Waals surface area (Å²) in [5, 5.41) is 0. The van der Waals surface area contributed by atoms with Crippen LogP contribution in [-0.4, -0.2) is 28.0 Å². The van der Waals surface area contributed by atoms with Crippen molar-refractivity contribution in [2.24, 2.45) is 0 Å². The molecule has 0 aliphatic carbocycles. The zero-order chi connectivity index (χ0) is 20.1. The third-order valence-electron chi connectivity index (χ3n) is 3.16. The third-order valence-corrected chi connectivity index (χ3v) is 4.56. The minimum Gasteiger partial charge on any atom is -0.490 e. The molecule has 27 heavy (non-hydrogen) atoms. The van der Waals surface area contributed by atoms with Crippen LogP contribution in [0.2, 0.25) is 0 Å². The molecule has 2 aromatic rings. The Bertz CT molecular complexity index is 867. The topological polar surface area (TPSA) is 73.9 Å². The highest BCUT2D eigenvalue weighted by Crippen LogP contribution is 2.32. The van der Waals surface area contributed by atoms with Gasteiger partial charge in [-0.05, 0) is 50.2 Å². The Balaban J connectivity index is 2.21. The van der Waals surface area contributed by atoms with Crippen LogP contribution in [0.15, 0.2) is 47.4 Å². The molecule has 0 aromatic heterocycles. The van der Waals surface area contributed by atoms with Gasteiger partial charge in [-0.15, -0.1) is 13.2 Å². The Hall–Kier alpha value is -2.62. The van der Waals surface area contributed by atoms with E-state index in [2.05, 4.69) is 9.46 Å². The fraction of sp³-hybridized carbons (Fsp3) is 0.294. The van der Waals surface area contributed by atoms with E-state index >= 15 is 0 Å². The quantitative estimate of drug-likeness (QED) is 0.713. The number of nitrogens with one attached hydrogen (secondary N) is 1. The van der Waals surface area contributed by atoms with Gasteiger partial charge < -0.3 is 14.2 Å². The Morgan fingerprint density at radius 1 is 0.926 bits per heavy atom. The summed E-state index contributed by atoms with van der Waals surface area (Å²) >= 11 is 0. The second kappa shape index (κ2) is 8.38. The Morgan fingerprint density at radius 2 is 1.52 bits per heavy atom. The molecule has 148 valence electrons. The minimum atomic E-state index is -4.85. The van der Waals surface area contributed by atoms with Gasteiger partial charge in [-0.2, -0.15) is 0 Å². The number of hydrogen-bond donors (Lipinski definition) is 1. The van der Waals surface area contributed by atoms with Gasteiger partial charge in [0.15, 0.2) is 11.5 Å². The summed E-state index contributed by atoms with van der Waals surface area (Å²) in [4.78, 5) is -0.219. The maximum atomic E-state index is 12.4. The predicted molar refractivity (Wildman–Crippen MR) is 92.7 cm³/mol. The molecule has 0 atom stereocenters. The van der Waals surface area contributed by atoms with E-state index in [0.29, 0.717) is 24.7 Å². The molecule has 0 saturated carbocycles. The molecule has 0 fully saturated rings. The van der Waals surface area contributed by atoms with E-state index in [1.165, 1.54) is 12.1 Å². The first-order valence-corrected chi connectivity index (χ1v) is 9.41. The molecule has 10 heteroatoms. The summed E-state index contributed by atoms with van der Waals surface area (Å²) < 4.78 is 78.3. The second-order valence-electron chi connectivity index (χ2n) is 5.15. The van der Waals surface area contributed by atoms with Gasteiger partial charge in [-0.25, -0.2) is 8.42 Å². The van der Waals surface area contributed by atoms with E-state index in [-0.39, 0.29) is 10.6 Å². The monoisotopic (exact) mass is 405 g/mol. The lowest BCUT2D eigenvalue weighted by Gasteiger charge is -2.14. The maximum Gasteiger partial charge on any atom is 0.573 e. The highest BCUT2D eigenvalue weighted by atomic mass is 32.2. The van der Waals surface area contributed by atoms with E-state index in [0.717, 1.165) is 24.3 Å². The van der Waals surface area contributed by atoms with Crippen LogP contribution in [0.3, 0.4) is 0 Å². The highest BCUT2D eigenvalue weighted by molar-refractivity contribution is 7.92. The first-order valence-electron chi connectivity index (χ1n) is 7.93. The van der Waals surface area contributed by atoms with Gasteiger partial charge in [-0.3, -0.25) is 4.72 Å². The van der Waals surface area contributed by atoms with Crippen LogP contribution in [0.4, 0.5) is 18.9 Å². The number of anilines is 1. The zero-order valence-electron chi connectivity index (χ0n) is 14.5. The zero-order valence-corrected chi connectivity index (χ0v) is 15.4. The van der Waals surface area contributed by atoms with Crippen molar-refractivity contribution in [2.45, 2.75) is 25.1 Å². The van der Waals surface area contributed by atoms with Gasteiger partial charge in [0.2, 0.25) is 0 Å². The molecule has 1 N–H and O–H groups in total. The number of sulfonamides is 1. The number of rotatable bonds is 8. The Labute approximate surface area is 154 Å². The maximum absolute atomic E-state index is 12.4. The van der Waals surface area contributed by atoms with Crippen LogP contribution in [0, 0.1) is 0 Å². The molecule has 0 bridgehead atoms. The van der Waals surface area contributed by atoms with E-state index in [1.807, 2.05) is 0 Å². The number of ether oxygens (including phenoxy) is 3. The summed E-state index contributed by atoms with van der Waals surface area (Å²) in [6.45, 7) is 4.35. The molecule has 0 heterocycles. The number of halogens is 3. The van der Waals surface area contributed by atoms with Gasteiger partial charge in [0.1, 0.15) is 5.75 Å². The summed E-state index contributed by atoms with van der Waals surface area (Å²) in [5.41, 5.74) is 0.220. The average molecular weight is 405 g/mol. The van der Waals surface area contributed by atoms with Crippen LogP contribution >= 0.6 is 0 Å². The smallest absolute Gasteiger partial charge is 0.490 e. The molecule has 0 aliphatic rings. The number of alkyl halides is 3. The fourth-order valence-electron chi connectivity index (χ4n) is 2.15. The molecule has 6 nitrogen and oxygen atoms in total. The van der Waals surface area contributed by atoms with Crippen molar-refractivity contribution < 1.29 is 35.8 Å². The normalized spacial score (nSPS) is 11.7. The van der Waals surface area contributed by atoms with Crippen LogP contribution in [0.1, 0.15) is 13.8 Å². The first-order chi connectivity index (χ1) is 12.6. The molecular weight excluding hydrogens is 387 g/mol. The lowest BCUT2D eigenvalue weighted by atomic mass is 10.3. The van der Waals surface area contributed by atoms with E-state index in [1.54, 1.807) is 19.9 Å². The predicted octanol–water partition coefficient (Wildman–Crippen LogP) is 4.18. The Morgan fingerprint density at radius 3 is 2.07 bits per heavy atom. The van der Waals surface area contributed by atoms with Gasteiger partial charge in [0, 0.05) is 6.07 Å².